The lowest BCUT2D eigenvalue weighted by molar-refractivity contribution is 0.147. The Hall–Kier alpha value is -2.95. The summed E-state index contributed by atoms with van der Waals surface area (Å²) in [6.45, 7) is 14.3. The van der Waals surface area contributed by atoms with Crippen LogP contribution in [0.1, 0.15) is 70.1 Å². The summed E-state index contributed by atoms with van der Waals surface area (Å²) in [4.78, 5) is 4.84. The minimum Gasteiger partial charge on any atom is -0.493 e. The van der Waals surface area contributed by atoms with Crippen LogP contribution in [-0.2, 0) is 4.84 Å². The summed E-state index contributed by atoms with van der Waals surface area (Å²) < 4.78 is 18.1. The lowest BCUT2D eigenvalue weighted by Gasteiger charge is -2.29. The van der Waals surface area contributed by atoms with Gasteiger partial charge in [-0.15, -0.1) is 0 Å². The van der Waals surface area contributed by atoms with Gasteiger partial charge in [-0.1, -0.05) is 31.2 Å². The van der Waals surface area contributed by atoms with Crippen LogP contribution in [0.15, 0.2) is 53.7 Å². The van der Waals surface area contributed by atoms with E-state index >= 15 is 0 Å². The highest BCUT2D eigenvalue weighted by atomic mass is 16.6. The third-order valence-corrected chi connectivity index (χ3v) is 6.43. The van der Waals surface area contributed by atoms with E-state index in [1.165, 1.54) is 25.7 Å². The lowest BCUT2D eigenvalue weighted by atomic mass is 9.83. The molecule has 5 heteroatoms. The van der Waals surface area contributed by atoms with E-state index < -0.39 is 0 Å². The molecule has 0 amide bonds. The smallest absolute Gasteiger partial charge is 0.125 e. The molecule has 1 aliphatic rings. The van der Waals surface area contributed by atoms with Crippen molar-refractivity contribution in [3.05, 3.63) is 65.2 Å². The largest absolute Gasteiger partial charge is 0.493 e. The monoisotopic (exact) mass is 495 g/mol. The van der Waals surface area contributed by atoms with E-state index in [0.29, 0.717) is 18.4 Å². The van der Waals surface area contributed by atoms with Crippen LogP contribution in [-0.4, -0.2) is 32.6 Å². The number of aryl methyl sites for hydroxylation is 2. The normalized spacial score (nSPS) is 17.8. The van der Waals surface area contributed by atoms with E-state index in [1.54, 1.807) is 7.11 Å². The highest BCUT2D eigenvalue weighted by Gasteiger charge is 2.23. The van der Waals surface area contributed by atoms with E-state index in [4.69, 9.17) is 19.0 Å². The maximum absolute atomic E-state index is 6.28. The Morgan fingerprint density at radius 2 is 1.42 bits per heavy atom. The number of nitrogens with zero attached hydrogens (tertiary/aromatic N) is 1. The molecule has 0 radical (unpaired) electrons. The van der Waals surface area contributed by atoms with Gasteiger partial charge in [0.1, 0.15) is 31.0 Å². The molecule has 198 valence electrons. The van der Waals surface area contributed by atoms with Crippen molar-refractivity contribution in [3.8, 4) is 17.2 Å². The van der Waals surface area contributed by atoms with Gasteiger partial charge in [-0.25, -0.2) is 0 Å². The van der Waals surface area contributed by atoms with Crippen LogP contribution in [0, 0.1) is 25.7 Å². The Morgan fingerprint density at radius 3 is 1.94 bits per heavy atom. The second-order valence-corrected chi connectivity index (χ2v) is 9.16. The summed E-state index contributed by atoms with van der Waals surface area (Å²) in [5, 5.41) is 3.97. The Kier molecular flexibility index (Phi) is 13.0. The Labute approximate surface area is 218 Å². The number of ether oxygens (including phenoxy) is 3. The van der Waals surface area contributed by atoms with Gasteiger partial charge in [0, 0.05) is 0 Å². The highest BCUT2D eigenvalue weighted by Crippen LogP contribution is 2.33. The van der Waals surface area contributed by atoms with Gasteiger partial charge in [0.25, 0.3) is 0 Å². The fraction of sp³-hybridized carbons (Fsp3) is 0.516. The lowest BCUT2D eigenvalue weighted by Crippen LogP contribution is -2.23. The Bertz CT molecular complexity index is 934. The molecule has 0 heterocycles. The van der Waals surface area contributed by atoms with E-state index in [1.807, 2.05) is 64.1 Å². The SMILES string of the molecule is C/C=C/COc1cc(C)c(OCC2CCC(COc3ccc(/C(C)=N\OC)cc3)CC2)c(C)c1.CC. The van der Waals surface area contributed by atoms with Gasteiger partial charge in [-0.05, 0) is 118 Å². The molecule has 0 aromatic heterocycles. The third-order valence-electron chi connectivity index (χ3n) is 6.43. The molecule has 36 heavy (non-hydrogen) atoms. The molecular weight excluding hydrogens is 450 g/mol. The molecule has 0 saturated heterocycles. The zero-order valence-electron chi connectivity index (χ0n) is 23.3. The minimum atomic E-state index is 0.594. The summed E-state index contributed by atoms with van der Waals surface area (Å²) >= 11 is 0. The number of hydrogen-bond acceptors (Lipinski definition) is 5. The van der Waals surface area contributed by atoms with Crippen LogP contribution in [0.25, 0.3) is 0 Å². The van der Waals surface area contributed by atoms with Gasteiger partial charge in [0.2, 0.25) is 0 Å². The van der Waals surface area contributed by atoms with Gasteiger partial charge in [-0.2, -0.15) is 0 Å². The standard InChI is InChI=1S/C29H39NO4.C2H6/c1-6-7-16-32-28-17-21(2)29(22(3)18-28)34-20-25-10-8-24(9-11-25)19-33-27-14-12-26(13-15-27)23(4)30-31-5;1-2/h6-7,12-15,17-18,24-25H,8-11,16,19-20H2,1-5H3;1-2H3/b7-6+,30-23-;. The van der Waals surface area contributed by atoms with Crippen molar-refractivity contribution >= 4 is 5.71 Å². The van der Waals surface area contributed by atoms with Gasteiger partial charge in [-0.3, -0.25) is 0 Å². The molecule has 3 rings (SSSR count). The molecule has 0 unspecified atom stereocenters. The first kappa shape index (κ1) is 29.3. The topological polar surface area (TPSA) is 49.3 Å². The average molecular weight is 496 g/mol. The fourth-order valence-electron chi connectivity index (χ4n) is 4.42. The maximum atomic E-state index is 6.28. The molecule has 2 aromatic carbocycles. The quantitative estimate of drug-likeness (QED) is 0.180. The molecule has 0 N–H and O–H groups in total. The number of allylic oxidation sites excluding steroid dienone is 1. The molecule has 0 bridgehead atoms. The number of oxime groups is 1. The van der Waals surface area contributed by atoms with Gasteiger partial charge < -0.3 is 19.0 Å². The van der Waals surface area contributed by atoms with Crippen LogP contribution >= 0.6 is 0 Å². The van der Waals surface area contributed by atoms with Crippen molar-refractivity contribution in [2.45, 2.75) is 67.2 Å². The van der Waals surface area contributed by atoms with Crippen LogP contribution < -0.4 is 14.2 Å². The van der Waals surface area contributed by atoms with E-state index in [-0.39, 0.29) is 0 Å². The molecule has 0 atom stereocenters. The van der Waals surface area contributed by atoms with Crippen LogP contribution in [0.4, 0.5) is 0 Å². The zero-order valence-corrected chi connectivity index (χ0v) is 23.3. The van der Waals surface area contributed by atoms with Crippen molar-refractivity contribution in [1.82, 2.24) is 0 Å². The molecular formula is C31H45NO4. The fourth-order valence-corrected chi connectivity index (χ4v) is 4.42. The minimum absolute atomic E-state index is 0.594. The molecule has 1 aliphatic carbocycles. The van der Waals surface area contributed by atoms with Crippen LogP contribution in [0.2, 0.25) is 0 Å². The van der Waals surface area contributed by atoms with Crippen molar-refractivity contribution in [1.29, 1.82) is 0 Å². The molecule has 5 nitrogen and oxygen atoms in total. The van der Waals surface area contributed by atoms with E-state index in [9.17, 15) is 0 Å². The number of benzene rings is 2. The van der Waals surface area contributed by atoms with E-state index in [2.05, 4.69) is 31.1 Å². The Morgan fingerprint density at radius 1 is 0.861 bits per heavy atom. The highest BCUT2D eigenvalue weighted by molar-refractivity contribution is 5.98. The van der Waals surface area contributed by atoms with Crippen LogP contribution in [0.5, 0.6) is 17.2 Å². The first-order valence-electron chi connectivity index (χ1n) is 13.3. The molecule has 1 fully saturated rings. The summed E-state index contributed by atoms with van der Waals surface area (Å²) in [5.74, 6) is 4.00. The first-order chi connectivity index (χ1) is 17.5. The summed E-state index contributed by atoms with van der Waals surface area (Å²) in [6, 6.07) is 12.2. The zero-order chi connectivity index (χ0) is 26.3. The van der Waals surface area contributed by atoms with Crippen molar-refractivity contribution in [2.24, 2.45) is 17.0 Å². The van der Waals surface area contributed by atoms with Crippen LogP contribution in [0.3, 0.4) is 0 Å². The Balaban J connectivity index is 0.00000222. The summed E-state index contributed by atoms with van der Waals surface area (Å²) in [5.41, 5.74) is 4.16. The number of rotatable bonds is 11. The maximum Gasteiger partial charge on any atom is 0.125 e. The predicted octanol–water partition coefficient (Wildman–Crippen LogP) is 7.92. The predicted molar refractivity (Wildman–Crippen MR) is 150 cm³/mol. The molecule has 0 spiro atoms. The van der Waals surface area contributed by atoms with Gasteiger partial charge >= 0.3 is 0 Å². The second-order valence-electron chi connectivity index (χ2n) is 9.16. The summed E-state index contributed by atoms with van der Waals surface area (Å²) in [6.07, 6.45) is 8.73. The van der Waals surface area contributed by atoms with Crippen molar-refractivity contribution in [3.63, 3.8) is 0 Å². The van der Waals surface area contributed by atoms with E-state index in [0.717, 1.165) is 52.9 Å². The third kappa shape index (κ3) is 9.25. The average Bonchev–Trinajstić information content (AvgIpc) is 2.89. The molecule has 2 aromatic rings. The van der Waals surface area contributed by atoms with Crippen molar-refractivity contribution in [2.75, 3.05) is 26.9 Å². The van der Waals surface area contributed by atoms with Crippen molar-refractivity contribution < 1.29 is 19.0 Å². The molecule has 0 aliphatic heterocycles. The molecule has 1 saturated carbocycles. The second kappa shape index (κ2) is 15.9. The number of hydrogen-bond donors (Lipinski definition) is 0. The van der Waals surface area contributed by atoms with Gasteiger partial charge in [0.15, 0.2) is 0 Å². The first-order valence-corrected chi connectivity index (χ1v) is 13.3. The van der Waals surface area contributed by atoms with Gasteiger partial charge in [0.05, 0.1) is 18.9 Å². The summed E-state index contributed by atoms with van der Waals surface area (Å²) in [7, 11) is 1.56.